The fourth-order valence-electron chi connectivity index (χ4n) is 1.80. The Kier molecular flexibility index (Phi) is 8.46. The Morgan fingerprint density at radius 3 is 1.15 bits per heavy atom. The van der Waals surface area contributed by atoms with Crippen LogP contribution in [0.5, 0.6) is 0 Å². The molecular formula is C11H28N2+2. The number of hydrogen-bond donors (Lipinski definition) is 2. The molecule has 0 bridgehead atoms. The van der Waals surface area contributed by atoms with Crippen LogP contribution in [0, 0.1) is 0 Å². The van der Waals surface area contributed by atoms with E-state index in [1.165, 1.54) is 45.7 Å². The van der Waals surface area contributed by atoms with Gasteiger partial charge in [0.15, 0.2) is 0 Å². The van der Waals surface area contributed by atoms with Gasteiger partial charge in [0.1, 0.15) is 0 Å². The Morgan fingerprint density at radius 2 is 0.923 bits per heavy atom. The van der Waals surface area contributed by atoms with Gasteiger partial charge in [-0.3, -0.25) is 0 Å². The summed E-state index contributed by atoms with van der Waals surface area (Å²) in [4.78, 5) is 3.48. The van der Waals surface area contributed by atoms with E-state index in [2.05, 4.69) is 27.7 Å². The zero-order valence-electron chi connectivity index (χ0n) is 9.95. The number of nitrogens with one attached hydrogen (secondary N) is 2. The lowest BCUT2D eigenvalue weighted by molar-refractivity contribution is -0.916. The zero-order valence-corrected chi connectivity index (χ0v) is 9.95. The van der Waals surface area contributed by atoms with Crippen molar-refractivity contribution < 1.29 is 9.80 Å². The zero-order chi connectivity index (χ0) is 10.1. The van der Waals surface area contributed by atoms with Gasteiger partial charge in [0.2, 0.25) is 0 Å². The Hall–Kier alpha value is -0.0800. The molecule has 0 fully saturated rings. The highest BCUT2D eigenvalue weighted by Gasteiger charge is 2.05. The van der Waals surface area contributed by atoms with Gasteiger partial charge >= 0.3 is 0 Å². The van der Waals surface area contributed by atoms with Crippen molar-refractivity contribution in [2.24, 2.45) is 0 Å². The molecule has 0 amide bonds. The summed E-state index contributed by atoms with van der Waals surface area (Å²) in [6.45, 7) is 17.0. The highest BCUT2D eigenvalue weighted by atomic mass is 15.1. The van der Waals surface area contributed by atoms with Crippen LogP contribution < -0.4 is 9.80 Å². The maximum Gasteiger partial charge on any atom is 0.0825 e. The summed E-state index contributed by atoms with van der Waals surface area (Å²) in [5, 5.41) is 0. The van der Waals surface area contributed by atoms with Crippen LogP contribution in [0.15, 0.2) is 0 Å². The highest BCUT2D eigenvalue weighted by Crippen LogP contribution is 1.66. The molecule has 2 nitrogen and oxygen atoms in total. The van der Waals surface area contributed by atoms with Gasteiger partial charge in [-0.1, -0.05) is 0 Å². The summed E-state index contributed by atoms with van der Waals surface area (Å²) < 4.78 is 0. The molecule has 0 aliphatic rings. The number of hydrogen-bond acceptors (Lipinski definition) is 0. The average Bonchev–Trinajstić information content (AvgIpc) is 2.19. The fraction of sp³-hybridized carbons (Fsp3) is 1.00. The number of quaternary nitrogens is 2. The molecule has 0 heterocycles. The van der Waals surface area contributed by atoms with E-state index in [9.17, 15) is 0 Å². The van der Waals surface area contributed by atoms with Crippen LogP contribution >= 0.6 is 0 Å². The molecule has 0 aliphatic heterocycles. The van der Waals surface area contributed by atoms with Crippen LogP contribution in [0.2, 0.25) is 0 Å². The molecule has 13 heavy (non-hydrogen) atoms. The van der Waals surface area contributed by atoms with Crippen molar-refractivity contribution in [2.45, 2.75) is 34.1 Å². The quantitative estimate of drug-likeness (QED) is 0.495. The molecule has 80 valence electrons. The van der Waals surface area contributed by atoms with Crippen molar-refractivity contribution in [1.29, 1.82) is 0 Å². The Bertz CT molecular complexity index is 84.3. The van der Waals surface area contributed by atoms with E-state index in [1.54, 1.807) is 9.80 Å². The van der Waals surface area contributed by atoms with Crippen LogP contribution in [0.1, 0.15) is 34.1 Å². The molecule has 0 aromatic carbocycles. The van der Waals surface area contributed by atoms with E-state index < -0.39 is 0 Å². The highest BCUT2D eigenvalue weighted by molar-refractivity contribution is 4.31. The van der Waals surface area contributed by atoms with Crippen molar-refractivity contribution in [2.75, 3.05) is 39.3 Å². The molecule has 0 unspecified atom stereocenters. The Labute approximate surface area is 83.9 Å². The van der Waals surface area contributed by atoms with Crippen LogP contribution in [-0.2, 0) is 0 Å². The topological polar surface area (TPSA) is 8.88 Å². The van der Waals surface area contributed by atoms with Crippen molar-refractivity contribution in [3.63, 3.8) is 0 Å². The summed E-state index contributed by atoms with van der Waals surface area (Å²) in [5.41, 5.74) is 0. The lowest BCUT2D eigenvalue weighted by atomic mass is 10.3. The van der Waals surface area contributed by atoms with Gasteiger partial charge in [-0.15, -0.1) is 0 Å². The summed E-state index contributed by atoms with van der Waals surface area (Å²) in [6, 6.07) is 0. The van der Waals surface area contributed by atoms with Crippen LogP contribution in [0.4, 0.5) is 0 Å². The lowest BCUT2D eigenvalue weighted by Crippen LogP contribution is -3.14. The van der Waals surface area contributed by atoms with E-state index in [4.69, 9.17) is 0 Å². The first-order valence-corrected chi connectivity index (χ1v) is 5.95. The van der Waals surface area contributed by atoms with E-state index in [0.717, 1.165) is 0 Å². The third-order valence-corrected chi connectivity index (χ3v) is 3.06. The molecule has 0 aliphatic carbocycles. The first-order valence-electron chi connectivity index (χ1n) is 5.95. The molecule has 2 N–H and O–H groups in total. The molecule has 0 atom stereocenters. The summed E-state index contributed by atoms with van der Waals surface area (Å²) in [6.07, 6.45) is 1.38. The number of rotatable bonds is 8. The second kappa shape index (κ2) is 8.52. The standard InChI is InChI=1S/C11H26N2/c1-5-12(6-2)10-9-11-13(7-3)8-4/h5-11H2,1-4H3/p+2. The van der Waals surface area contributed by atoms with Crippen LogP contribution in [0.25, 0.3) is 0 Å². The van der Waals surface area contributed by atoms with Crippen molar-refractivity contribution in [3.05, 3.63) is 0 Å². The maximum atomic E-state index is 2.28. The first kappa shape index (κ1) is 12.9. The van der Waals surface area contributed by atoms with E-state index in [-0.39, 0.29) is 0 Å². The minimum Gasteiger partial charge on any atom is -0.335 e. The van der Waals surface area contributed by atoms with Gasteiger partial charge in [-0.05, 0) is 27.7 Å². The molecule has 0 aromatic heterocycles. The second-order valence-corrected chi connectivity index (χ2v) is 3.77. The van der Waals surface area contributed by atoms with Crippen molar-refractivity contribution >= 4 is 0 Å². The normalized spacial score (nSPS) is 11.5. The van der Waals surface area contributed by atoms with Gasteiger partial charge in [0.25, 0.3) is 0 Å². The minimum absolute atomic E-state index is 1.28. The third-order valence-electron chi connectivity index (χ3n) is 3.06. The second-order valence-electron chi connectivity index (χ2n) is 3.77. The predicted molar refractivity (Wildman–Crippen MR) is 58.4 cm³/mol. The molecule has 0 saturated carbocycles. The Morgan fingerprint density at radius 1 is 0.615 bits per heavy atom. The summed E-state index contributed by atoms with van der Waals surface area (Å²) in [5.74, 6) is 0. The monoisotopic (exact) mass is 188 g/mol. The molecule has 0 aromatic rings. The molecular weight excluding hydrogens is 160 g/mol. The van der Waals surface area contributed by atoms with Gasteiger partial charge in [0, 0.05) is 6.42 Å². The molecule has 2 heteroatoms. The molecule has 0 radical (unpaired) electrons. The van der Waals surface area contributed by atoms with E-state index in [0.29, 0.717) is 0 Å². The lowest BCUT2D eigenvalue weighted by Gasteiger charge is -2.18. The molecule has 0 saturated heterocycles. The van der Waals surface area contributed by atoms with Gasteiger partial charge in [0.05, 0.1) is 39.3 Å². The average molecular weight is 188 g/mol. The molecule has 0 rings (SSSR count). The van der Waals surface area contributed by atoms with Crippen LogP contribution in [0.3, 0.4) is 0 Å². The smallest absolute Gasteiger partial charge is 0.0825 e. The largest absolute Gasteiger partial charge is 0.335 e. The van der Waals surface area contributed by atoms with Crippen LogP contribution in [-0.4, -0.2) is 39.3 Å². The van der Waals surface area contributed by atoms with Gasteiger partial charge in [-0.25, -0.2) is 0 Å². The van der Waals surface area contributed by atoms with E-state index in [1.807, 2.05) is 0 Å². The third kappa shape index (κ3) is 6.05. The minimum atomic E-state index is 1.28. The SMILES string of the molecule is CC[NH+](CC)CCC[NH+](CC)CC. The van der Waals surface area contributed by atoms with Gasteiger partial charge in [-0.2, -0.15) is 0 Å². The predicted octanol–water partition coefficient (Wildman–Crippen LogP) is -0.774. The first-order chi connectivity index (χ1) is 6.28. The van der Waals surface area contributed by atoms with Crippen molar-refractivity contribution in [3.8, 4) is 0 Å². The summed E-state index contributed by atoms with van der Waals surface area (Å²) in [7, 11) is 0. The van der Waals surface area contributed by atoms with Gasteiger partial charge < -0.3 is 9.80 Å². The maximum absolute atomic E-state index is 2.28. The molecule has 0 spiro atoms. The Balaban J connectivity index is 3.41. The summed E-state index contributed by atoms with van der Waals surface area (Å²) >= 11 is 0. The van der Waals surface area contributed by atoms with E-state index >= 15 is 0 Å². The van der Waals surface area contributed by atoms with Crippen molar-refractivity contribution in [1.82, 2.24) is 0 Å². The fourth-order valence-corrected chi connectivity index (χ4v) is 1.80.